The minimum atomic E-state index is -3.37. The summed E-state index contributed by atoms with van der Waals surface area (Å²) in [6.07, 6.45) is 5.78. The molecule has 2 aliphatic rings. The first-order valence-electron chi connectivity index (χ1n) is 10.8. The van der Waals surface area contributed by atoms with Crippen LogP contribution in [0.4, 0.5) is 5.69 Å². The number of rotatable bonds is 6. The zero-order chi connectivity index (χ0) is 22.9. The molecule has 0 saturated heterocycles. The van der Waals surface area contributed by atoms with Crippen molar-refractivity contribution >= 4 is 39.1 Å². The van der Waals surface area contributed by atoms with Crippen molar-refractivity contribution in [3.8, 4) is 0 Å². The maximum Gasteiger partial charge on any atom is 0.317 e. The maximum atomic E-state index is 13.1. The van der Waals surface area contributed by atoms with Gasteiger partial charge in [0.15, 0.2) is 12.4 Å². The van der Waals surface area contributed by atoms with Crippen LogP contribution >= 0.6 is 11.6 Å². The third-order valence-electron chi connectivity index (χ3n) is 6.46. The van der Waals surface area contributed by atoms with Crippen molar-refractivity contribution in [1.82, 2.24) is 0 Å². The van der Waals surface area contributed by atoms with E-state index in [-0.39, 0.29) is 18.4 Å². The summed E-state index contributed by atoms with van der Waals surface area (Å²) < 4.78 is 31.0. The summed E-state index contributed by atoms with van der Waals surface area (Å²) in [5.41, 5.74) is 1.97. The van der Waals surface area contributed by atoms with Crippen molar-refractivity contribution in [2.75, 3.05) is 23.7 Å². The fraction of sp³-hybridized carbons (Fsp3) is 0.417. The number of esters is 1. The number of nitrogens with zero attached hydrogens (tertiary/aromatic N) is 1. The Kier molecular flexibility index (Phi) is 6.32. The highest BCUT2D eigenvalue weighted by Gasteiger charge is 2.44. The summed E-state index contributed by atoms with van der Waals surface area (Å²) in [6.45, 7) is 0.0896. The molecule has 1 saturated carbocycles. The van der Waals surface area contributed by atoms with Gasteiger partial charge < -0.3 is 4.74 Å². The average molecular weight is 476 g/mol. The molecular formula is C24H26ClNO5S. The second-order valence-corrected chi connectivity index (χ2v) is 10.9. The number of carbonyl (C=O) groups excluding carboxylic acids is 2. The van der Waals surface area contributed by atoms with E-state index < -0.39 is 15.4 Å². The van der Waals surface area contributed by atoms with Crippen molar-refractivity contribution in [1.29, 1.82) is 0 Å². The first-order chi connectivity index (χ1) is 15.2. The van der Waals surface area contributed by atoms with Crippen molar-refractivity contribution in [3.63, 3.8) is 0 Å². The van der Waals surface area contributed by atoms with Crippen molar-refractivity contribution < 1.29 is 22.7 Å². The summed E-state index contributed by atoms with van der Waals surface area (Å²) in [7, 11) is -3.37. The molecule has 0 atom stereocenters. The van der Waals surface area contributed by atoms with E-state index in [2.05, 4.69) is 0 Å². The molecule has 2 aromatic rings. The zero-order valence-electron chi connectivity index (χ0n) is 18.0. The number of fused-ring (bicyclic) bond motifs is 1. The summed E-state index contributed by atoms with van der Waals surface area (Å²) in [6, 6.07) is 12.2. The Labute approximate surface area is 193 Å². The minimum Gasteiger partial charge on any atom is -0.457 e. The molecule has 8 heteroatoms. The number of aryl methyl sites for hydroxylation is 1. The molecule has 0 unspecified atom stereocenters. The molecule has 1 aliphatic heterocycles. The number of hydrogen-bond acceptors (Lipinski definition) is 5. The van der Waals surface area contributed by atoms with Crippen LogP contribution in [-0.4, -0.2) is 39.6 Å². The van der Waals surface area contributed by atoms with E-state index in [1.165, 1.54) is 10.6 Å². The topological polar surface area (TPSA) is 80.8 Å². The lowest BCUT2D eigenvalue weighted by Crippen LogP contribution is -2.36. The number of ketones is 1. The lowest BCUT2D eigenvalue weighted by Gasteiger charge is -2.29. The largest absolute Gasteiger partial charge is 0.457 e. The third kappa shape index (κ3) is 4.41. The molecule has 32 heavy (non-hydrogen) atoms. The van der Waals surface area contributed by atoms with Crippen molar-refractivity contribution in [3.05, 3.63) is 64.2 Å². The Hall–Kier alpha value is -2.38. The van der Waals surface area contributed by atoms with Crippen LogP contribution in [0.15, 0.2) is 42.5 Å². The third-order valence-corrected chi connectivity index (χ3v) is 7.89. The Morgan fingerprint density at radius 2 is 1.75 bits per heavy atom. The second-order valence-electron chi connectivity index (χ2n) is 8.58. The van der Waals surface area contributed by atoms with E-state index in [0.29, 0.717) is 48.5 Å². The van der Waals surface area contributed by atoms with Crippen LogP contribution in [0.25, 0.3) is 0 Å². The Bertz CT molecular complexity index is 1140. The van der Waals surface area contributed by atoms with Crippen molar-refractivity contribution in [2.45, 2.75) is 43.9 Å². The molecule has 0 bridgehead atoms. The van der Waals surface area contributed by atoms with Crippen LogP contribution in [0.5, 0.6) is 0 Å². The van der Waals surface area contributed by atoms with E-state index in [0.717, 1.165) is 24.0 Å². The number of hydrogen-bond donors (Lipinski definition) is 0. The highest BCUT2D eigenvalue weighted by molar-refractivity contribution is 7.92. The van der Waals surface area contributed by atoms with Gasteiger partial charge in [0.05, 0.1) is 17.4 Å². The van der Waals surface area contributed by atoms with Gasteiger partial charge in [-0.1, -0.05) is 36.6 Å². The number of benzene rings is 2. The monoisotopic (exact) mass is 475 g/mol. The molecule has 0 radical (unpaired) electrons. The lowest BCUT2D eigenvalue weighted by atomic mass is 9.79. The van der Waals surface area contributed by atoms with Gasteiger partial charge in [0.1, 0.15) is 0 Å². The summed E-state index contributed by atoms with van der Waals surface area (Å²) in [4.78, 5) is 25.9. The van der Waals surface area contributed by atoms with Gasteiger partial charge in [0, 0.05) is 17.1 Å². The Morgan fingerprint density at radius 3 is 2.41 bits per heavy atom. The molecule has 0 spiro atoms. The normalized spacial score (nSPS) is 17.6. The molecule has 0 aromatic heterocycles. The van der Waals surface area contributed by atoms with Crippen LogP contribution < -0.4 is 4.31 Å². The van der Waals surface area contributed by atoms with Gasteiger partial charge in [-0.3, -0.25) is 13.9 Å². The molecular weight excluding hydrogens is 450 g/mol. The standard InChI is InChI=1S/C24H26ClNO5S/c1-32(29,30)26-14-4-5-17-15-18(6-11-21(17)26)22(27)16-31-23(28)24(12-2-3-13-24)19-7-9-20(25)10-8-19/h6-11,15H,2-5,12-14,16H2,1H3. The van der Waals surface area contributed by atoms with Gasteiger partial charge in [-0.05, 0) is 67.1 Å². The van der Waals surface area contributed by atoms with Gasteiger partial charge in [-0.2, -0.15) is 0 Å². The van der Waals surface area contributed by atoms with Crippen LogP contribution in [0.1, 0.15) is 53.6 Å². The van der Waals surface area contributed by atoms with E-state index in [4.69, 9.17) is 16.3 Å². The van der Waals surface area contributed by atoms with Gasteiger partial charge in [0.2, 0.25) is 10.0 Å². The second kappa shape index (κ2) is 8.87. The van der Waals surface area contributed by atoms with Gasteiger partial charge in [-0.25, -0.2) is 8.42 Å². The Morgan fingerprint density at radius 1 is 1.06 bits per heavy atom. The van der Waals surface area contributed by atoms with Crippen LogP contribution in [0.2, 0.25) is 5.02 Å². The molecule has 0 amide bonds. The first kappa shape index (κ1) is 22.8. The van der Waals surface area contributed by atoms with Crippen LogP contribution in [0.3, 0.4) is 0 Å². The molecule has 4 rings (SSSR count). The summed E-state index contributed by atoms with van der Waals surface area (Å²) in [5.74, 6) is -0.686. The van der Waals surface area contributed by atoms with Crippen molar-refractivity contribution in [2.24, 2.45) is 0 Å². The smallest absolute Gasteiger partial charge is 0.317 e. The van der Waals surface area contributed by atoms with Gasteiger partial charge in [0.25, 0.3) is 0 Å². The summed E-state index contributed by atoms with van der Waals surface area (Å²) in [5, 5.41) is 0.604. The van der Waals surface area contributed by atoms with Gasteiger partial charge >= 0.3 is 5.97 Å². The Balaban J connectivity index is 1.49. The van der Waals surface area contributed by atoms with E-state index in [1.54, 1.807) is 30.3 Å². The predicted molar refractivity (Wildman–Crippen MR) is 124 cm³/mol. The average Bonchev–Trinajstić information content (AvgIpc) is 3.27. The number of halogens is 1. The minimum absolute atomic E-state index is 0.304. The molecule has 1 fully saturated rings. The summed E-state index contributed by atoms with van der Waals surface area (Å²) >= 11 is 6.00. The van der Waals surface area contributed by atoms with E-state index >= 15 is 0 Å². The SMILES string of the molecule is CS(=O)(=O)N1CCCc2cc(C(=O)COC(=O)C3(c4ccc(Cl)cc4)CCCC3)ccc21. The number of carbonyl (C=O) groups is 2. The van der Waals surface area contributed by atoms with E-state index in [9.17, 15) is 18.0 Å². The fourth-order valence-electron chi connectivity index (χ4n) is 4.79. The quantitative estimate of drug-likeness (QED) is 0.460. The number of anilines is 1. The highest BCUT2D eigenvalue weighted by Crippen LogP contribution is 2.42. The number of sulfonamides is 1. The maximum absolute atomic E-state index is 13.1. The predicted octanol–water partition coefficient (Wildman–Crippen LogP) is 4.29. The highest BCUT2D eigenvalue weighted by atomic mass is 35.5. The van der Waals surface area contributed by atoms with E-state index in [1.807, 2.05) is 12.1 Å². The van der Waals surface area contributed by atoms with Gasteiger partial charge in [-0.15, -0.1) is 0 Å². The zero-order valence-corrected chi connectivity index (χ0v) is 19.5. The first-order valence-corrected chi connectivity index (χ1v) is 13.0. The lowest BCUT2D eigenvalue weighted by molar-refractivity contribution is -0.149. The van der Waals surface area contributed by atoms with Crippen LogP contribution in [-0.2, 0) is 31.4 Å². The van der Waals surface area contributed by atoms with Crippen LogP contribution in [0, 0.1) is 0 Å². The number of Topliss-reactive ketones (excluding diaryl/α,β-unsaturated/α-hetero) is 1. The molecule has 1 heterocycles. The molecule has 2 aromatic carbocycles. The number of ether oxygens (including phenoxy) is 1. The fourth-order valence-corrected chi connectivity index (χ4v) is 5.91. The molecule has 6 nitrogen and oxygen atoms in total. The molecule has 170 valence electrons. The molecule has 0 N–H and O–H groups in total. The molecule has 1 aliphatic carbocycles.